The molecular formula is C14H26N2O. The summed E-state index contributed by atoms with van der Waals surface area (Å²) in [5, 5.41) is 3.40. The number of amides is 1. The summed E-state index contributed by atoms with van der Waals surface area (Å²) in [5.74, 6) is 2.24. The van der Waals surface area contributed by atoms with E-state index in [2.05, 4.69) is 31.0 Å². The van der Waals surface area contributed by atoms with Crippen LogP contribution >= 0.6 is 0 Å². The average molecular weight is 238 g/mol. The first-order valence-electron chi connectivity index (χ1n) is 7.11. The Bertz CT molecular complexity index is 279. The van der Waals surface area contributed by atoms with Gasteiger partial charge in [0.2, 0.25) is 5.91 Å². The molecule has 3 nitrogen and oxygen atoms in total. The molecule has 0 spiro atoms. The van der Waals surface area contributed by atoms with Gasteiger partial charge in [0.25, 0.3) is 0 Å². The van der Waals surface area contributed by atoms with Crippen LogP contribution in [0.1, 0.15) is 40.0 Å². The van der Waals surface area contributed by atoms with Gasteiger partial charge in [-0.25, -0.2) is 0 Å². The van der Waals surface area contributed by atoms with Crippen molar-refractivity contribution in [3.05, 3.63) is 0 Å². The zero-order valence-electron chi connectivity index (χ0n) is 11.4. The van der Waals surface area contributed by atoms with E-state index in [0.717, 1.165) is 32.0 Å². The van der Waals surface area contributed by atoms with Gasteiger partial charge in [0.1, 0.15) is 0 Å². The Labute approximate surface area is 105 Å². The second kappa shape index (κ2) is 5.38. The van der Waals surface area contributed by atoms with E-state index in [9.17, 15) is 4.79 Å². The molecule has 0 radical (unpaired) electrons. The molecule has 3 heteroatoms. The molecule has 2 aliphatic heterocycles. The molecule has 4 atom stereocenters. The van der Waals surface area contributed by atoms with Crippen molar-refractivity contribution in [1.29, 1.82) is 0 Å². The first-order chi connectivity index (χ1) is 8.09. The van der Waals surface area contributed by atoms with Gasteiger partial charge in [-0.15, -0.1) is 0 Å². The Morgan fingerprint density at radius 3 is 2.53 bits per heavy atom. The summed E-state index contributed by atoms with van der Waals surface area (Å²) in [5.41, 5.74) is 0. The monoisotopic (exact) mass is 238 g/mol. The Balaban J connectivity index is 1.95. The van der Waals surface area contributed by atoms with Crippen LogP contribution in [0.4, 0.5) is 0 Å². The molecule has 0 aromatic carbocycles. The second-order valence-corrected chi connectivity index (χ2v) is 6.08. The first kappa shape index (κ1) is 12.9. The molecule has 2 saturated heterocycles. The first-order valence-corrected chi connectivity index (χ1v) is 7.11. The van der Waals surface area contributed by atoms with Gasteiger partial charge in [0.15, 0.2) is 0 Å². The topological polar surface area (TPSA) is 32.3 Å². The van der Waals surface area contributed by atoms with E-state index in [1.165, 1.54) is 12.8 Å². The summed E-state index contributed by atoms with van der Waals surface area (Å²) in [7, 11) is 0. The Kier molecular flexibility index (Phi) is 4.08. The van der Waals surface area contributed by atoms with Crippen molar-refractivity contribution in [2.24, 2.45) is 17.8 Å². The van der Waals surface area contributed by atoms with E-state index in [1.54, 1.807) is 0 Å². The van der Waals surface area contributed by atoms with Crippen molar-refractivity contribution in [1.82, 2.24) is 10.2 Å². The molecule has 0 aliphatic carbocycles. The third-order valence-electron chi connectivity index (χ3n) is 4.68. The number of hydrogen-bond acceptors (Lipinski definition) is 2. The zero-order valence-corrected chi connectivity index (χ0v) is 11.4. The predicted molar refractivity (Wildman–Crippen MR) is 69.7 cm³/mol. The van der Waals surface area contributed by atoms with Crippen molar-refractivity contribution >= 4 is 5.91 Å². The van der Waals surface area contributed by atoms with Crippen LogP contribution in [0.3, 0.4) is 0 Å². The molecule has 0 aromatic rings. The molecular weight excluding hydrogens is 212 g/mol. The van der Waals surface area contributed by atoms with Crippen molar-refractivity contribution < 1.29 is 4.79 Å². The second-order valence-electron chi connectivity index (χ2n) is 6.08. The number of rotatable bonds is 1. The van der Waals surface area contributed by atoms with Crippen LogP contribution in [0.2, 0.25) is 0 Å². The van der Waals surface area contributed by atoms with Gasteiger partial charge in [0, 0.05) is 13.1 Å². The van der Waals surface area contributed by atoms with Crippen LogP contribution in [0, 0.1) is 17.8 Å². The molecule has 2 aliphatic rings. The lowest BCUT2D eigenvalue weighted by molar-refractivity contribution is -0.137. The minimum absolute atomic E-state index is 0.0735. The average Bonchev–Trinajstić information content (AvgIpc) is 2.32. The maximum Gasteiger partial charge on any atom is 0.239 e. The number of carbonyl (C=O) groups is 1. The fourth-order valence-corrected chi connectivity index (χ4v) is 3.04. The van der Waals surface area contributed by atoms with Crippen molar-refractivity contribution in [2.45, 2.75) is 46.1 Å². The van der Waals surface area contributed by atoms with Gasteiger partial charge in [0.05, 0.1) is 6.04 Å². The zero-order chi connectivity index (χ0) is 12.4. The highest BCUT2D eigenvalue weighted by Gasteiger charge is 2.33. The maximum absolute atomic E-state index is 12.5. The van der Waals surface area contributed by atoms with E-state index in [1.807, 2.05) is 0 Å². The van der Waals surface area contributed by atoms with Gasteiger partial charge < -0.3 is 10.2 Å². The van der Waals surface area contributed by atoms with Crippen molar-refractivity contribution in [3.63, 3.8) is 0 Å². The van der Waals surface area contributed by atoms with Gasteiger partial charge in [-0.2, -0.15) is 0 Å². The molecule has 0 saturated carbocycles. The van der Waals surface area contributed by atoms with E-state index >= 15 is 0 Å². The molecule has 2 fully saturated rings. The van der Waals surface area contributed by atoms with Gasteiger partial charge in [-0.1, -0.05) is 20.8 Å². The van der Waals surface area contributed by atoms with Crippen molar-refractivity contribution in [2.75, 3.05) is 19.6 Å². The molecule has 0 bridgehead atoms. The van der Waals surface area contributed by atoms with Crippen LogP contribution in [0.5, 0.6) is 0 Å². The van der Waals surface area contributed by atoms with E-state index in [-0.39, 0.29) is 6.04 Å². The third kappa shape index (κ3) is 2.82. The number of nitrogens with one attached hydrogen (secondary N) is 1. The minimum Gasteiger partial charge on any atom is -0.341 e. The summed E-state index contributed by atoms with van der Waals surface area (Å²) in [6.45, 7) is 9.67. The normalized spacial score (nSPS) is 39.1. The van der Waals surface area contributed by atoms with Crippen LogP contribution in [0.15, 0.2) is 0 Å². The standard InChI is InChI=1S/C14H26N2O/c1-10-6-8-16(9-12(10)3)14(17)13-11(2)5-4-7-15-13/h10-13,15H,4-9H2,1-3H3. The highest BCUT2D eigenvalue weighted by atomic mass is 16.2. The molecule has 1 amide bonds. The predicted octanol–water partition coefficient (Wildman–Crippen LogP) is 1.88. The largest absolute Gasteiger partial charge is 0.341 e. The van der Waals surface area contributed by atoms with Crippen LogP contribution < -0.4 is 5.32 Å². The molecule has 0 aromatic heterocycles. The molecule has 1 N–H and O–H groups in total. The number of hydrogen-bond donors (Lipinski definition) is 1. The van der Waals surface area contributed by atoms with E-state index in [0.29, 0.717) is 17.7 Å². The lowest BCUT2D eigenvalue weighted by Crippen LogP contribution is -2.54. The van der Waals surface area contributed by atoms with Crippen LogP contribution in [-0.2, 0) is 4.79 Å². The Morgan fingerprint density at radius 1 is 1.12 bits per heavy atom. The summed E-state index contributed by atoms with van der Waals surface area (Å²) in [6, 6.07) is 0.0735. The molecule has 17 heavy (non-hydrogen) atoms. The minimum atomic E-state index is 0.0735. The molecule has 2 heterocycles. The number of likely N-dealkylation sites (tertiary alicyclic amines) is 1. The van der Waals surface area contributed by atoms with E-state index < -0.39 is 0 Å². The highest BCUT2D eigenvalue weighted by molar-refractivity contribution is 5.82. The van der Waals surface area contributed by atoms with Gasteiger partial charge in [-0.05, 0) is 43.6 Å². The third-order valence-corrected chi connectivity index (χ3v) is 4.68. The van der Waals surface area contributed by atoms with Gasteiger partial charge in [-0.3, -0.25) is 4.79 Å². The number of carbonyl (C=O) groups excluding carboxylic acids is 1. The summed E-state index contributed by atoms with van der Waals surface area (Å²) >= 11 is 0. The number of nitrogens with zero attached hydrogens (tertiary/aromatic N) is 1. The molecule has 98 valence electrons. The maximum atomic E-state index is 12.5. The Hall–Kier alpha value is -0.570. The summed E-state index contributed by atoms with van der Waals surface area (Å²) in [6.07, 6.45) is 3.55. The quantitative estimate of drug-likeness (QED) is 0.756. The van der Waals surface area contributed by atoms with E-state index in [4.69, 9.17) is 0 Å². The SMILES string of the molecule is CC1CCN(C(=O)C2NCCCC2C)CC1C. The molecule has 2 rings (SSSR count). The van der Waals surface area contributed by atoms with Crippen LogP contribution in [-0.4, -0.2) is 36.5 Å². The van der Waals surface area contributed by atoms with Crippen LogP contribution in [0.25, 0.3) is 0 Å². The Morgan fingerprint density at radius 2 is 1.88 bits per heavy atom. The fourth-order valence-electron chi connectivity index (χ4n) is 3.04. The smallest absolute Gasteiger partial charge is 0.239 e. The summed E-state index contributed by atoms with van der Waals surface area (Å²) < 4.78 is 0. The highest BCUT2D eigenvalue weighted by Crippen LogP contribution is 2.25. The van der Waals surface area contributed by atoms with Gasteiger partial charge >= 0.3 is 0 Å². The lowest BCUT2D eigenvalue weighted by Gasteiger charge is -2.39. The fraction of sp³-hybridized carbons (Fsp3) is 0.929. The number of piperidine rings is 2. The summed E-state index contributed by atoms with van der Waals surface area (Å²) in [4.78, 5) is 14.6. The van der Waals surface area contributed by atoms with Crippen molar-refractivity contribution in [3.8, 4) is 0 Å². The lowest BCUT2D eigenvalue weighted by atomic mass is 9.86. The molecule has 4 unspecified atom stereocenters.